The molecule has 5 heteroatoms. The number of ether oxygens (including phenoxy) is 1. The van der Waals surface area contributed by atoms with Crippen LogP contribution in [0.2, 0.25) is 0 Å². The molecule has 0 fully saturated rings. The van der Waals surface area contributed by atoms with Gasteiger partial charge in [0.2, 0.25) is 0 Å². The molecule has 0 saturated carbocycles. The van der Waals surface area contributed by atoms with Gasteiger partial charge in [0.15, 0.2) is 5.84 Å². The van der Waals surface area contributed by atoms with Crippen molar-refractivity contribution in [1.82, 2.24) is 0 Å². The van der Waals surface area contributed by atoms with Gasteiger partial charge in [-0.1, -0.05) is 12.1 Å². The minimum absolute atomic E-state index is 0.119. The van der Waals surface area contributed by atoms with Gasteiger partial charge in [-0.2, -0.15) is 0 Å². The normalized spacial score (nSPS) is 11.5. The van der Waals surface area contributed by atoms with Crippen LogP contribution in [-0.4, -0.2) is 23.9 Å². The summed E-state index contributed by atoms with van der Waals surface area (Å²) in [5.74, 6) is 1.80. The van der Waals surface area contributed by atoms with Gasteiger partial charge in [0.1, 0.15) is 5.75 Å². The molecule has 3 N–H and O–H groups in total. The van der Waals surface area contributed by atoms with Crippen LogP contribution in [0.1, 0.15) is 12.5 Å². The fourth-order valence-corrected chi connectivity index (χ4v) is 2.01. The fraction of sp³-hybridized carbons (Fsp3) is 0.300. The van der Waals surface area contributed by atoms with Crippen LogP contribution in [0.25, 0.3) is 0 Å². The first-order valence-corrected chi connectivity index (χ1v) is 5.50. The van der Waals surface area contributed by atoms with Crippen LogP contribution in [0.5, 0.6) is 5.75 Å². The van der Waals surface area contributed by atoms with E-state index in [0.717, 1.165) is 22.0 Å². The minimum Gasteiger partial charge on any atom is -0.497 e. The highest BCUT2D eigenvalue weighted by molar-refractivity contribution is 7.99. The summed E-state index contributed by atoms with van der Waals surface area (Å²) in [5.41, 5.74) is 6.29. The van der Waals surface area contributed by atoms with Crippen molar-refractivity contribution in [3.63, 3.8) is 0 Å². The average Bonchev–Trinajstić information content (AvgIpc) is 2.28. The zero-order valence-corrected chi connectivity index (χ0v) is 9.54. The first kappa shape index (κ1) is 11.7. The van der Waals surface area contributed by atoms with Gasteiger partial charge in [-0.05, 0) is 24.0 Å². The lowest BCUT2D eigenvalue weighted by molar-refractivity contribution is 0.318. The number of hydrogen-bond acceptors (Lipinski definition) is 4. The van der Waals surface area contributed by atoms with Gasteiger partial charge in [-0.25, -0.2) is 0 Å². The van der Waals surface area contributed by atoms with E-state index in [1.54, 1.807) is 31.0 Å². The monoisotopic (exact) mass is 226 g/mol. The lowest BCUT2D eigenvalue weighted by atomic mass is 10.2. The molecule has 1 aromatic carbocycles. The number of rotatable bonds is 4. The molecule has 0 aliphatic heterocycles. The topological polar surface area (TPSA) is 67.8 Å². The molecule has 0 aliphatic rings. The Morgan fingerprint density at radius 1 is 1.60 bits per heavy atom. The molecule has 0 aromatic heterocycles. The molecule has 0 radical (unpaired) electrons. The molecule has 0 atom stereocenters. The molecular weight excluding hydrogens is 212 g/mol. The van der Waals surface area contributed by atoms with Crippen molar-refractivity contribution in [3.8, 4) is 5.75 Å². The third kappa shape index (κ3) is 2.79. The molecule has 82 valence electrons. The number of hydrogen-bond donors (Lipinski definition) is 2. The fourth-order valence-electron chi connectivity index (χ4n) is 1.17. The Balaban J connectivity index is 3.14. The summed E-state index contributed by atoms with van der Waals surface area (Å²) in [6.45, 7) is 2.04. The number of methoxy groups -OCH3 is 1. The molecule has 0 spiro atoms. The maximum absolute atomic E-state index is 8.63. The van der Waals surface area contributed by atoms with Crippen LogP contribution in [0, 0.1) is 0 Å². The van der Waals surface area contributed by atoms with Crippen molar-refractivity contribution < 1.29 is 9.94 Å². The van der Waals surface area contributed by atoms with Gasteiger partial charge in [0.25, 0.3) is 0 Å². The number of thioether (sulfide) groups is 1. The number of nitrogens with zero attached hydrogens (tertiary/aromatic N) is 1. The average molecular weight is 226 g/mol. The highest BCUT2D eigenvalue weighted by Crippen LogP contribution is 2.26. The lowest BCUT2D eigenvalue weighted by Gasteiger charge is -2.08. The number of nitrogens with two attached hydrogens (primary N) is 1. The van der Waals surface area contributed by atoms with Gasteiger partial charge < -0.3 is 15.7 Å². The molecular formula is C10H14N2O2S. The van der Waals surface area contributed by atoms with Crippen molar-refractivity contribution in [3.05, 3.63) is 23.8 Å². The summed E-state index contributed by atoms with van der Waals surface area (Å²) in [7, 11) is 1.61. The van der Waals surface area contributed by atoms with Crippen molar-refractivity contribution in [1.29, 1.82) is 0 Å². The highest BCUT2D eigenvalue weighted by Gasteiger charge is 2.08. The summed E-state index contributed by atoms with van der Waals surface area (Å²) in [6, 6.07) is 5.44. The van der Waals surface area contributed by atoms with Gasteiger partial charge in [-0.15, -0.1) is 11.8 Å². The smallest absolute Gasteiger partial charge is 0.171 e. The van der Waals surface area contributed by atoms with Gasteiger partial charge in [0, 0.05) is 10.5 Å². The molecule has 0 aliphatic carbocycles. The van der Waals surface area contributed by atoms with Gasteiger partial charge in [-0.3, -0.25) is 0 Å². The largest absolute Gasteiger partial charge is 0.497 e. The summed E-state index contributed by atoms with van der Waals surface area (Å²) in [4.78, 5) is 0.951. The molecule has 1 aromatic rings. The van der Waals surface area contributed by atoms with Crippen LogP contribution in [-0.2, 0) is 0 Å². The molecule has 0 bridgehead atoms. The quantitative estimate of drug-likeness (QED) is 0.270. The Hall–Kier alpha value is -1.36. The maximum Gasteiger partial charge on any atom is 0.171 e. The molecule has 0 heterocycles. The van der Waals surface area contributed by atoms with E-state index in [1.165, 1.54) is 0 Å². The Bertz CT molecular complexity index is 366. The number of benzene rings is 1. The third-order valence-corrected chi connectivity index (χ3v) is 2.81. The van der Waals surface area contributed by atoms with E-state index < -0.39 is 0 Å². The first-order chi connectivity index (χ1) is 7.22. The van der Waals surface area contributed by atoms with E-state index in [4.69, 9.17) is 15.7 Å². The Kier molecular flexibility index (Phi) is 4.30. The molecule has 4 nitrogen and oxygen atoms in total. The van der Waals surface area contributed by atoms with E-state index in [1.807, 2.05) is 13.0 Å². The lowest BCUT2D eigenvalue weighted by Crippen LogP contribution is -2.14. The van der Waals surface area contributed by atoms with Gasteiger partial charge >= 0.3 is 0 Å². The van der Waals surface area contributed by atoms with Crippen LogP contribution >= 0.6 is 11.8 Å². The summed E-state index contributed by atoms with van der Waals surface area (Å²) in [5, 5.41) is 11.6. The van der Waals surface area contributed by atoms with E-state index in [-0.39, 0.29) is 5.84 Å². The standard InChI is InChI=1S/C10H14N2O2S/c1-3-15-9-6-7(14-2)4-5-8(9)10(11)12-13/h4-6,13H,3H2,1-2H3,(H2,11,12). The Morgan fingerprint density at radius 2 is 2.33 bits per heavy atom. The second kappa shape index (κ2) is 5.50. The highest BCUT2D eigenvalue weighted by atomic mass is 32.2. The number of amidine groups is 1. The van der Waals surface area contributed by atoms with Crippen LogP contribution in [0.3, 0.4) is 0 Å². The van der Waals surface area contributed by atoms with E-state index in [2.05, 4.69) is 5.16 Å². The Morgan fingerprint density at radius 3 is 2.87 bits per heavy atom. The van der Waals surface area contributed by atoms with Crippen molar-refractivity contribution in [2.24, 2.45) is 10.9 Å². The van der Waals surface area contributed by atoms with E-state index >= 15 is 0 Å². The summed E-state index contributed by atoms with van der Waals surface area (Å²) in [6.07, 6.45) is 0. The van der Waals surface area contributed by atoms with Crippen LogP contribution < -0.4 is 10.5 Å². The minimum atomic E-state index is 0.119. The van der Waals surface area contributed by atoms with Crippen LogP contribution in [0.4, 0.5) is 0 Å². The van der Waals surface area contributed by atoms with Crippen molar-refractivity contribution in [2.75, 3.05) is 12.9 Å². The molecule has 0 unspecified atom stereocenters. The SMILES string of the molecule is CCSc1cc(OC)ccc1/C(N)=N/O. The van der Waals surface area contributed by atoms with E-state index in [0.29, 0.717) is 0 Å². The third-order valence-electron chi connectivity index (χ3n) is 1.87. The summed E-state index contributed by atoms with van der Waals surface area (Å²) < 4.78 is 5.11. The summed E-state index contributed by atoms with van der Waals surface area (Å²) >= 11 is 1.62. The van der Waals surface area contributed by atoms with Crippen molar-refractivity contribution >= 4 is 17.6 Å². The predicted molar refractivity (Wildman–Crippen MR) is 61.9 cm³/mol. The first-order valence-electron chi connectivity index (χ1n) is 4.51. The Labute approximate surface area is 93.1 Å². The zero-order valence-electron chi connectivity index (χ0n) is 8.73. The molecule has 1 rings (SSSR count). The number of oxime groups is 1. The molecule has 0 amide bonds. The van der Waals surface area contributed by atoms with Gasteiger partial charge in [0.05, 0.1) is 7.11 Å². The molecule has 0 saturated heterocycles. The zero-order chi connectivity index (χ0) is 11.3. The second-order valence-electron chi connectivity index (χ2n) is 2.78. The van der Waals surface area contributed by atoms with Crippen molar-refractivity contribution in [2.45, 2.75) is 11.8 Å². The molecule has 15 heavy (non-hydrogen) atoms. The predicted octanol–water partition coefficient (Wildman–Crippen LogP) is 1.90. The maximum atomic E-state index is 8.63. The second-order valence-corrected chi connectivity index (χ2v) is 4.09. The van der Waals surface area contributed by atoms with Crippen LogP contribution in [0.15, 0.2) is 28.3 Å². The van der Waals surface area contributed by atoms with E-state index in [9.17, 15) is 0 Å².